The van der Waals surface area contributed by atoms with E-state index in [1.807, 2.05) is 0 Å². The topological polar surface area (TPSA) is 3.24 Å². The number of likely N-dealkylation sites (tertiary alicyclic amines) is 1. The Morgan fingerprint density at radius 3 is 2.58 bits per heavy atom. The predicted octanol–water partition coefficient (Wildman–Crippen LogP) is 2.27. The second-order valence-corrected chi connectivity index (χ2v) is 3.47. The molecule has 1 nitrogen and oxygen atoms in total. The van der Waals surface area contributed by atoms with Gasteiger partial charge in [0, 0.05) is 0 Å². The van der Waals surface area contributed by atoms with Gasteiger partial charge >= 0.3 is 0 Å². The van der Waals surface area contributed by atoms with Gasteiger partial charge in [-0.15, -0.1) is 0 Å². The van der Waals surface area contributed by atoms with Crippen molar-refractivity contribution in [1.82, 2.24) is 4.90 Å². The first kappa shape index (κ1) is 7.81. The minimum Gasteiger partial charge on any atom is -0.459 e. The van der Waals surface area contributed by atoms with Crippen LogP contribution in [0.2, 0.25) is 0 Å². The molecule has 0 saturated carbocycles. The summed E-state index contributed by atoms with van der Waals surface area (Å²) < 4.78 is 0. The summed E-state index contributed by atoms with van der Waals surface area (Å²) >= 11 is 0. The summed E-state index contributed by atoms with van der Waals surface area (Å²) in [6.45, 7) is 2.25. The molecule has 1 heteroatoms. The molecule has 1 aromatic carbocycles. The smallest absolute Gasteiger partial charge is 0.00470 e. The average molecular weight is 160 g/mol. The highest BCUT2D eigenvalue weighted by molar-refractivity contribution is 5.20. The van der Waals surface area contributed by atoms with E-state index in [9.17, 15) is 0 Å². The molecule has 0 aromatic heterocycles. The molecule has 1 heterocycles. The Balaban J connectivity index is 2.11. The summed E-state index contributed by atoms with van der Waals surface area (Å²) in [6, 6.07) is 10.7. The molecule has 64 valence electrons. The van der Waals surface area contributed by atoms with Crippen molar-refractivity contribution in [2.75, 3.05) is 13.1 Å². The second-order valence-electron chi connectivity index (χ2n) is 3.47. The first-order valence-electron chi connectivity index (χ1n) is 4.46. The summed E-state index contributed by atoms with van der Waals surface area (Å²) in [5, 5.41) is 0. The lowest BCUT2D eigenvalue weighted by Gasteiger charge is -2.16. The van der Waals surface area contributed by atoms with Crippen LogP contribution in [0.5, 0.6) is 0 Å². The molecular weight excluding hydrogens is 146 g/mol. The molecule has 1 aliphatic rings. The molecule has 0 aliphatic carbocycles. The molecule has 1 saturated heterocycles. The second kappa shape index (κ2) is 3.28. The zero-order valence-corrected chi connectivity index (χ0v) is 7.24. The van der Waals surface area contributed by atoms with Crippen molar-refractivity contribution in [3.8, 4) is 0 Å². The maximum absolute atomic E-state index is 3.95. The number of nitrogens with zero attached hydrogens (tertiary/aromatic N) is 1. The fourth-order valence-electron chi connectivity index (χ4n) is 1.83. The molecule has 1 aliphatic heterocycles. The van der Waals surface area contributed by atoms with Crippen LogP contribution in [0.1, 0.15) is 17.9 Å². The van der Waals surface area contributed by atoms with Crippen LogP contribution in [0.15, 0.2) is 30.3 Å². The highest BCUT2D eigenvalue weighted by atomic mass is 15.1. The van der Waals surface area contributed by atoms with Crippen molar-refractivity contribution in [1.29, 1.82) is 0 Å². The molecule has 1 atom stereocenters. The lowest BCUT2D eigenvalue weighted by molar-refractivity contribution is 0.454. The molecule has 0 amide bonds. The first-order chi connectivity index (χ1) is 5.86. The third kappa shape index (κ3) is 1.51. The van der Waals surface area contributed by atoms with Gasteiger partial charge in [-0.3, -0.25) is 7.05 Å². The Kier molecular flexibility index (Phi) is 2.13. The van der Waals surface area contributed by atoms with Gasteiger partial charge in [0.1, 0.15) is 0 Å². The Morgan fingerprint density at radius 2 is 2.00 bits per heavy atom. The lowest BCUT2D eigenvalue weighted by atomic mass is 9.99. The standard InChI is InChI=1S/C11H14N/c1-12-8-7-11(9-12)10-5-3-2-4-6-10/h2-6,11H,1,7-9H2/q-1. The van der Waals surface area contributed by atoms with E-state index in [1.54, 1.807) is 0 Å². The summed E-state index contributed by atoms with van der Waals surface area (Å²) in [7, 11) is 3.95. The predicted molar refractivity (Wildman–Crippen MR) is 50.7 cm³/mol. The highest BCUT2D eigenvalue weighted by Gasteiger charge is 2.16. The van der Waals surface area contributed by atoms with Gasteiger partial charge in [0.2, 0.25) is 0 Å². The van der Waals surface area contributed by atoms with Gasteiger partial charge in [-0.1, -0.05) is 30.3 Å². The van der Waals surface area contributed by atoms with E-state index >= 15 is 0 Å². The number of rotatable bonds is 1. The Morgan fingerprint density at radius 1 is 1.25 bits per heavy atom. The summed E-state index contributed by atoms with van der Waals surface area (Å²) in [4.78, 5) is 2.15. The Hall–Kier alpha value is -0.820. The van der Waals surface area contributed by atoms with Gasteiger partial charge in [0.05, 0.1) is 0 Å². The normalized spacial score (nSPS) is 24.6. The van der Waals surface area contributed by atoms with Crippen LogP contribution in [0.25, 0.3) is 0 Å². The van der Waals surface area contributed by atoms with Crippen LogP contribution in [0, 0.1) is 7.05 Å². The highest BCUT2D eigenvalue weighted by Crippen LogP contribution is 2.25. The van der Waals surface area contributed by atoms with E-state index in [0.717, 1.165) is 13.1 Å². The minimum atomic E-state index is 0.712. The molecule has 1 fully saturated rings. The summed E-state index contributed by atoms with van der Waals surface area (Å²) in [5.74, 6) is 0.712. The molecular formula is C11H14N-. The minimum absolute atomic E-state index is 0.712. The third-order valence-electron chi connectivity index (χ3n) is 2.54. The van der Waals surface area contributed by atoms with Crippen LogP contribution >= 0.6 is 0 Å². The first-order valence-corrected chi connectivity index (χ1v) is 4.46. The van der Waals surface area contributed by atoms with Crippen molar-refractivity contribution >= 4 is 0 Å². The molecule has 0 N–H and O–H groups in total. The maximum Gasteiger partial charge on any atom is -0.00470 e. The van der Waals surface area contributed by atoms with Gasteiger partial charge in [-0.05, 0) is 31.0 Å². The van der Waals surface area contributed by atoms with Gasteiger partial charge in [-0.25, -0.2) is 0 Å². The molecule has 0 radical (unpaired) electrons. The number of hydrogen-bond acceptors (Lipinski definition) is 1. The van der Waals surface area contributed by atoms with E-state index in [0.29, 0.717) is 5.92 Å². The maximum atomic E-state index is 3.95. The van der Waals surface area contributed by atoms with Crippen LogP contribution in [0.3, 0.4) is 0 Å². The van der Waals surface area contributed by atoms with Gasteiger partial charge in [0.15, 0.2) is 0 Å². The Labute approximate surface area is 74.0 Å². The van der Waals surface area contributed by atoms with Gasteiger partial charge in [0.25, 0.3) is 0 Å². The van der Waals surface area contributed by atoms with E-state index in [-0.39, 0.29) is 0 Å². The van der Waals surface area contributed by atoms with E-state index in [1.165, 1.54) is 12.0 Å². The Bertz CT molecular complexity index is 242. The van der Waals surface area contributed by atoms with Crippen molar-refractivity contribution in [2.45, 2.75) is 12.3 Å². The SMILES string of the molecule is [CH2-]N1CCC(c2ccccc2)C1. The van der Waals surface area contributed by atoms with Crippen LogP contribution in [-0.2, 0) is 0 Å². The third-order valence-corrected chi connectivity index (χ3v) is 2.54. The lowest BCUT2D eigenvalue weighted by Crippen LogP contribution is -2.10. The van der Waals surface area contributed by atoms with Crippen LogP contribution in [-0.4, -0.2) is 18.0 Å². The fourth-order valence-corrected chi connectivity index (χ4v) is 1.83. The van der Waals surface area contributed by atoms with Crippen molar-refractivity contribution in [3.05, 3.63) is 42.9 Å². The average Bonchev–Trinajstić information content (AvgIpc) is 2.54. The van der Waals surface area contributed by atoms with Crippen molar-refractivity contribution in [2.24, 2.45) is 0 Å². The largest absolute Gasteiger partial charge is 0.459 e. The van der Waals surface area contributed by atoms with E-state index < -0.39 is 0 Å². The monoisotopic (exact) mass is 160 g/mol. The fraction of sp³-hybridized carbons (Fsp3) is 0.364. The quantitative estimate of drug-likeness (QED) is 0.570. The van der Waals surface area contributed by atoms with Crippen molar-refractivity contribution in [3.63, 3.8) is 0 Å². The molecule has 12 heavy (non-hydrogen) atoms. The van der Waals surface area contributed by atoms with Gasteiger partial charge in [-0.2, -0.15) is 0 Å². The van der Waals surface area contributed by atoms with E-state index in [4.69, 9.17) is 0 Å². The van der Waals surface area contributed by atoms with Crippen molar-refractivity contribution < 1.29 is 0 Å². The molecule has 0 bridgehead atoms. The zero-order chi connectivity index (χ0) is 8.39. The van der Waals surface area contributed by atoms with Crippen LogP contribution < -0.4 is 0 Å². The number of hydrogen-bond donors (Lipinski definition) is 0. The van der Waals surface area contributed by atoms with Crippen LogP contribution in [0.4, 0.5) is 0 Å². The van der Waals surface area contributed by atoms with E-state index in [2.05, 4.69) is 42.3 Å². The molecule has 0 spiro atoms. The zero-order valence-electron chi connectivity index (χ0n) is 7.24. The molecule has 2 rings (SSSR count). The summed E-state index contributed by atoms with van der Waals surface area (Å²) in [6.07, 6.45) is 1.26. The van der Waals surface area contributed by atoms with Gasteiger partial charge < -0.3 is 4.90 Å². The summed E-state index contributed by atoms with van der Waals surface area (Å²) in [5.41, 5.74) is 1.46. The number of benzene rings is 1. The molecule has 1 aromatic rings. The molecule has 1 unspecified atom stereocenters.